The minimum Gasteiger partial charge on any atom is -0.387 e. The maximum Gasteiger partial charge on any atom is 0.161 e. The van der Waals surface area contributed by atoms with Crippen LogP contribution in [0.2, 0.25) is 0 Å². The molecule has 3 nitrogen and oxygen atoms in total. The largest absolute Gasteiger partial charge is 0.387 e. The molecule has 2 heterocycles. The molecule has 0 aromatic carbocycles. The van der Waals surface area contributed by atoms with E-state index in [4.69, 9.17) is 0 Å². The lowest BCUT2D eigenvalue weighted by Gasteiger charge is -2.05. The summed E-state index contributed by atoms with van der Waals surface area (Å²) in [6.07, 6.45) is 3.92. The second kappa shape index (κ2) is 3.25. The quantitative estimate of drug-likeness (QED) is 0.616. The van der Waals surface area contributed by atoms with E-state index in [9.17, 15) is 4.79 Å². The fourth-order valence-corrected chi connectivity index (χ4v) is 1.60. The number of fused-ring (bicyclic) bond motifs is 1. The second-order valence-corrected chi connectivity index (χ2v) is 3.41. The van der Waals surface area contributed by atoms with Gasteiger partial charge in [0.05, 0.1) is 5.35 Å². The van der Waals surface area contributed by atoms with Crippen molar-refractivity contribution in [3.63, 3.8) is 0 Å². The first-order chi connectivity index (χ1) is 6.68. The van der Waals surface area contributed by atoms with Crippen LogP contribution in [0.1, 0.15) is 23.0 Å². The van der Waals surface area contributed by atoms with E-state index in [2.05, 4.69) is 10.3 Å². The van der Waals surface area contributed by atoms with E-state index in [0.29, 0.717) is 5.56 Å². The molecule has 1 aliphatic heterocycles. The number of hydrogen-bond acceptors (Lipinski definition) is 3. The summed E-state index contributed by atoms with van der Waals surface area (Å²) in [5, 5.41) is 5.05. The predicted octanol–water partition coefficient (Wildman–Crippen LogP) is -0.286. The first-order valence-corrected chi connectivity index (χ1v) is 4.61. The molecule has 72 valence electrons. The van der Waals surface area contributed by atoms with Gasteiger partial charge in [-0.15, -0.1) is 0 Å². The Bertz CT molecular complexity index is 503. The van der Waals surface area contributed by atoms with Crippen molar-refractivity contribution in [2.75, 3.05) is 6.54 Å². The Morgan fingerprint density at radius 3 is 3.07 bits per heavy atom. The summed E-state index contributed by atoms with van der Waals surface area (Å²) in [7, 11) is 0. The Hall–Kier alpha value is -1.64. The maximum absolute atomic E-state index is 11.3. The third-order valence-electron chi connectivity index (χ3n) is 2.32. The van der Waals surface area contributed by atoms with Crippen molar-refractivity contribution < 1.29 is 4.79 Å². The Balaban J connectivity index is 2.76. The fraction of sp³-hybridized carbons (Fsp3) is 0.273. The van der Waals surface area contributed by atoms with Gasteiger partial charge in [0.2, 0.25) is 0 Å². The first kappa shape index (κ1) is 8.94. The third-order valence-corrected chi connectivity index (χ3v) is 2.32. The molecule has 1 aliphatic rings. The molecular weight excluding hydrogens is 176 g/mol. The molecule has 1 aromatic rings. The number of ketones is 1. The van der Waals surface area contributed by atoms with Crippen LogP contribution in [-0.2, 0) is 0 Å². The van der Waals surface area contributed by atoms with Crippen LogP contribution in [0.5, 0.6) is 0 Å². The van der Waals surface area contributed by atoms with Gasteiger partial charge in [0, 0.05) is 29.2 Å². The highest BCUT2D eigenvalue weighted by Gasteiger charge is 2.05. The van der Waals surface area contributed by atoms with Crippen LogP contribution in [0.3, 0.4) is 0 Å². The van der Waals surface area contributed by atoms with Crippen LogP contribution in [-0.4, -0.2) is 17.3 Å². The number of nitrogens with one attached hydrogen (secondary N) is 1. The number of hydrogen-bond donors (Lipinski definition) is 1. The maximum atomic E-state index is 11.3. The summed E-state index contributed by atoms with van der Waals surface area (Å²) in [5.41, 5.74) is 1.51. The number of aryl methyl sites for hydroxylation is 1. The van der Waals surface area contributed by atoms with Gasteiger partial charge < -0.3 is 5.32 Å². The zero-order chi connectivity index (χ0) is 10.1. The Morgan fingerprint density at radius 2 is 2.36 bits per heavy atom. The van der Waals surface area contributed by atoms with Crippen LogP contribution < -0.4 is 15.9 Å². The van der Waals surface area contributed by atoms with Gasteiger partial charge in [-0.1, -0.05) is 0 Å². The summed E-state index contributed by atoms with van der Waals surface area (Å²) in [5.74, 6) is 0.0665. The van der Waals surface area contributed by atoms with Crippen molar-refractivity contribution in [3.05, 3.63) is 27.9 Å². The van der Waals surface area contributed by atoms with E-state index in [-0.39, 0.29) is 5.78 Å². The molecule has 0 fully saturated rings. The number of carbonyl (C=O) groups excluding carboxylic acids is 1. The van der Waals surface area contributed by atoms with Crippen LogP contribution in [0.4, 0.5) is 0 Å². The average molecular weight is 188 g/mol. The van der Waals surface area contributed by atoms with E-state index in [0.717, 1.165) is 22.8 Å². The summed E-state index contributed by atoms with van der Waals surface area (Å²) in [6, 6.07) is 1.89. The topological polar surface area (TPSA) is 42.0 Å². The van der Waals surface area contributed by atoms with Gasteiger partial charge in [0.25, 0.3) is 0 Å². The van der Waals surface area contributed by atoms with Crippen molar-refractivity contribution in [1.29, 1.82) is 0 Å². The molecule has 0 saturated carbocycles. The van der Waals surface area contributed by atoms with Crippen molar-refractivity contribution in [2.45, 2.75) is 13.8 Å². The monoisotopic (exact) mass is 188 g/mol. The summed E-state index contributed by atoms with van der Waals surface area (Å²) in [6.45, 7) is 4.24. The molecule has 0 saturated heterocycles. The van der Waals surface area contributed by atoms with E-state index in [1.807, 2.05) is 25.3 Å². The molecule has 2 rings (SSSR count). The molecule has 0 radical (unpaired) electrons. The van der Waals surface area contributed by atoms with Gasteiger partial charge in [-0.3, -0.25) is 9.78 Å². The number of Topliss-reactive ketones (excluding diaryl/α,β-unsaturated/α-hetero) is 1. The van der Waals surface area contributed by atoms with E-state index in [1.165, 1.54) is 0 Å². The van der Waals surface area contributed by atoms with Crippen molar-refractivity contribution in [3.8, 4) is 0 Å². The van der Waals surface area contributed by atoms with E-state index in [1.54, 1.807) is 6.92 Å². The number of pyridine rings is 1. The number of aromatic nitrogens is 1. The van der Waals surface area contributed by atoms with Crippen LogP contribution in [0.25, 0.3) is 12.3 Å². The summed E-state index contributed by atoms with van der Waals surface area (Å²) < 4.78 is 0. The highest BCUT2D eigenvalue weighted by atomic mass is 16.1. The SMILES string of the molecule is CC(=O)c1cc2c(nc1C)=CCNC=2. The summed E-state index contributed by atoms with van der Waals surface area (Å²) in [4.78, 5) is 15.7. The minimum absolute atomic E-state index is 0.0665. The predicted molar refractivity (Wildman–Crippen MR) is 55.2 cm³/mol. The molecule has 0 atom stereocenters. The van der Waals surface area contributed by atoms with Gasteiger partial charge in [0.1, 0.15) is 0 Å². The lowest BCUT2D eigenvalue weighted by molar-refractivity contribution is 0.101. The standard InChI is InChI=1S/C11H12N2O/c1-7-10(8(2)14)5-9-6-12-4-3-11(9)13-7/h3,5-6,12H,4H2,1-2H3. The lowest BCUT2D eigenvalue weighted by Crippen LogP contribution is -2.37. The molecule has 3 heteroatoms. The molecule has 1 N–H and O–H groups in total. The van der Waals surface area contributed by atoms with Crippen molar-refractivity contribution in [1.82, 2.24) is 10.3 Å². The molecule has 0 spiro atoms. The third kappa shape index (κ3) is 1.41. The van der Waals surface area contributed by atoms with Gasteiger partial charge in [0.15, 0.2) is 5.78 Å². The molecular formula is C11H12N2O. The van der Waals surface area contributed by atoms with Gasteiger partial charge >= 0.3 is 0 Å². The normalized spacial score (nSPS) is 13.3. The highest BCUT2D eigenvalue weighted by Crippen LogP contribution is 1.99. The van der Waals surface area contributed by atoms with Crippen molar-refractivity contribution >= 4 is 18.1 Å². The molecule has 14 heavy (non-hydrogen) atoms. The Labute approximate surface area is 82.2 Å². The number of rotatable bonds is 1. The van der Waals surface area contributed by atoms with Gasteiger partial charge in [-0.05, 0) is 26.0 Å². The molecule has 0 aliphatic carbocycles. The molecule has 1 aromatic heterocycles. The average Bonchev–Trinajstić information content (AvgIpc) is 2.16. The van der Waals surface area contributed by atoms with Crippen LogP contribution >= 0.6 is 0 Å². The van der Waals surface area contributed by atoms with Gasteiger partial charge in [-0.2, -0.15) is 0 Å². The zero-order valence-electron chi connectivity index (χ0n) is 8.29. The lowest BCUT2D eigenvalue weighted by atomic mass is 10.1. The fourth-order valence-electron chi connectivity index (χ4n) is 1.60. The first-order valence-electron chi connectivity index (χ1n) is 4.61. The number of carbonyl (C=O) groups is 1. The Morgan fingerprint density at radius 1 is 1.57 bits per heavy atom. The summed E-state index contributed by atoms with van der Waals surface area (Å²) >= 11 is 0. The minimum atomic E-state index is 0.0665. The van der Waals surface area contributed by atoms with Crippen LogP contribution in [0, 0.1) is 6.92 Å². The smallest absolute Gasteiger partial charge is 0.161 e. The van der Waals surface area contributed by atoms with Gasteiger partial charge in [-0.25, -0.2) is 0 Å². The molecule has 0 bridgehead atoms. The van der Waals surface area contributed by atoms with Crippen LogP contribution in [0.15, 0.2) is 6.07 Å². The van der Waals surface area contributed by atoms with E-state index >= 15 is 0 Å². The molecule has 0 unspecified atom stereocenters. The highest BCUT2D eigenvalue weighted by molar-refractivity contribution is 5.95. The molecule has 0 amide bonds. The second-order valence-electron chi connectivity index (χ2n) is 3.41. The Kier molecular flexibility index (Phi) is 2.08. The zero-order valence-corrected chi connectivity index (χ0v) is 8.29. The van der Waals surface area contributed by atoms with Crippen molar-refractivity contribution in [2.24, 2.45) is 0 Å². The van der Waals surface area contributed by atoms with E-state index < -0.39 is 0 Å². The number of nitrogens with zero attached hydrogens (tertiary/aromatic N) is 1.